The van der Waals surface area contributed by atoms with Crippen LogP contribution in [0.5, 0.6) is 0 Å². The van der Waals surface area contributed by atoms with E-state index in [4.69, 9.17) is 0 Å². The fraction of sp³-hybridized carbons (Fsp3) is 1.00. The van der Waals surface area contributed by atoms with Gasteiger partial charge in [0.25, 0.3) is 10.2 Å². The van der Waals surface area contributed by atoms with Gasteiger partial charge in [0.05, 0.1) is 6.61 Å². The van der Waals surface area contributed by atoms with Crippen LogP contribution in [0.4, 0.5) is 0 Å². The van der Waals surface area contributed by atoms with E-state index in [1.54, 1.807) is 0 Å². The van der Waals surface area contributed by atoms with E-state index in [0.717, 1.165) is 38.5 Å². The van der Waals surface area contributed by atoms with Crippen molar-refractivity contribution in [2.45, 2.75) is 64.3 Å². The standard InChI is InChI=1S/C14H28N2O3S/c1-2-14(8-4-5-9-14)12-15-20(18,19)16-10-6-3-7-13(16)11-17/h13,15,17H,2-12H2,1H3. The minimum Gasteiger partial charge on any atom is -0.395 e. The van der Waals surface area contributed by atoms with Crippen LogP contribution < -0.4 is 4.72 Å². The molecule has 1 saturated carbocycles. The normalized spacial score (nSPS) is 27.8. The first kappa shape index (κ1) is 16.2. The topological polar surface area (TPSA) is 69.6 Å². The van der Waals surface area contributed by atoms with Gasteiger partial charge in [-0.1, -0.05) is 26.2 Å². The SMILES string of the molecule is CCC1(CNS(=O)(=O)N2CCCCC2CO)CCCC1. The van der Waals surface area contributed by atoms with Crippen molar-refractivity contribution in [3.8, 4) is 0 Å². The first-order chi connectivity index (χ1) is 9.53. The number of aliphatic hydroxyl groups excluding tert-OH is 1. The van der Waals surface area contributed by atoms with Gasteiger partial charge in [-0.15, -0.1) is 0 Å². The second-order valence-electron chi connectivity index (χ2n) is 6.33. The first-order valence-corrected chi connectivity index (χ1v) is 9.34. The van der Waals surface area contributed by atoms with E-state index >= 15 is 0 Å². The monoisotopic (exact) mass is 304 g/mol. The third kappa shape index (κ3) is 3.53. The second kappa shape index (κ2) is 6.73. The fourth-order valence-electron chi connectivity index (χ4n) is 3.58. The number of nitrogens with one attached hydrogen (secondary N) is 1. The second-order valence-corrected chi connectivity index (χ2v) is 8.04. The van der Waals surface area contributed by atoms with Gasteiger partial charge in [-0.05, 0) is 37.5 Å². The van der Waals surface area contributed by atoms with Gasteiger partial charge in [-0.3, -0.25) is 0 Å². The Balaban J connectivity index is 1.99. The van der Waals surface area contributed by atoms with Gasteiger partial charge >= 0.3 is 0 Å². The van der Waals surface area contributed by atoms with Crippen molar-refractivity contribution in [3.63, 3.8) is 0 Å². The predicted molar refractivity (Wildman–Crippen MR) is 79.5 cm³/mol. The van der Waals surface area contributed by atoms with Gasteiger partial charge in [-0.2, -0.15) is 12.7 Å². The number of aliphatic hydroxyl groups is 1. The van der Waals surface area contributed by atoms with Crippen molar-refractivity contribution in [2.75, 3.05) is 19.7 Å². The molecule has 0 radical (unpaired) electrons. The molecule has 1 unspecified atom stereocenters. The number of nitrogens with zero attached hydrogens (tertiary/aromatic N) is 1. The van der Waals surface area contributed by atoms with Crippen LogP contribution in [0.15, 0.2) is 0 Å². The average Bonchev–Trinajstić information content (AvgIpc) is 2.95. The third-order valence-corrected chi connectivity index (χ3v) is 6.74. The van der Waals surface area contributed by atoms with Gasteiger partial charge in [0, 0.05) is 19.1 Å². The maximum atomic E-state index is 12.5. The van der Waals surface area contributed by atoms with Gasteiger partial charge in [0.1, 0.15) is 0 Å². The molecule has 1 aliphatic carbocycles. The number of rotatable bonds is 6. The number of piperidine rings is 1. The molecule has 1 atom stereocenters. The summed E-state index contributed by atoms with van der Waals surface area (Å²) in [5.74, 6) is 0. The van der Waals surface area contributed by atoms with Crippen LogP contribution in [0.3, 0.4) is 0 Å². The zero-order valence-electron chi connectivity index (χ0n) is 12.5. The molecule has 2 N–H and O–H groups in total. The molecule has 1 aliphatic heterocycles. The van der Waals surface area contributed by atoms with Crippen LogP contribution >= 0.6 is 0 Å². The molecule has 2 rings (SSSR count). The Morgan fingerprint density at radius 2 is 1.95 bits per heavy atom. The fourth-order valence-corrected chi connectivity index (χ4v) is 5.17. The summed E-state index contributed by atoms with van der Waals surface area (Å²) in [6, 6.07) is -0.248. The van der Waals surface area contributed by atoms with Crippen LogP contribution in [-0.2, 0) is 10.2 Å². The molecule has 2 aliphatic rings. The highest BCUT2D eigenvalue weighted by Crippen LogP contribution is 2.40. The van der Waals surface area contributed by atoms with E-state index in [2.05, 4.69) is 11.6 Å². The Morgan fingerprint density at radius 3 is 2.55 bits per heavy atom. The highest BCUT2D eigenvalue weighted by molar-refractivity contribution is 7.87. The quantitative estimate of drug-likeness (QED) is 0.784. The molecule has 0 aromatic heterocycles. The molecule has 1 heterocycles. The van der Waals surface area contributed by atoms with E-state index < -0.39 is 10.2 Å². The number of hydrogen-bond acceptors (Lipinski definition) is 3. The van der Waals surface area contributed by atoms with Crippen molar-refractivity contribution in [2.24, 2.45) is 5.41 Å². The Bertz CT molecular complexity index is 405. The lowest BCUT2D eigenvalue weighted by atomic mass is 9.84. The molecule has 5 nitrogen and oxygen atoms in total. The lowest BCUT2D eigenvalue weighted by Crippen LogP contribution is -2.52. The molecule has 1 saturated heterocycles. The molecule has 118 valence electrons. The largest absolute Gasteiger partial charge is 0.395 e. The molecule has 0 aromatic rings. The zero-order chi connectivity index (χ0) is 14.6. The van der Waals surface area contributed by atoms with Crippen LogP contribution in [0.25, 0.3) is 0 Å². The van der Waals surface area contributed by atoms with Crippen molar-refractivity contribution in [1.29, 1.82) is 0 Å². The van der Waals surface area contributed by atoms with E-state index in [-0.39, 0.29) is 18.1 Å². The summed E-state index contributed by atoms with van der Waals surface area (Å²) in [7, 11) is -3.46. The Kier molecular flexibility index (Phi) is 5.45. The Hall–Kier alpha value is -0.170. The predicted octanol–water partition coefficient (Wildman–Crippen LogP) is 1.64. The van der Waals surface area contributed by atoms with E-state index in [1.165, 1.54) is 17.1 Å². The summed E-state index contributed by atoms with van der Waals surface area (Å²) in [4.78, 5) is 0. The summed E-state index contributed by atoms with van der Waals surface area (Å²) in [6.07, 6.45) is 8.32. The molecule has 0 bridgehead atoms. The zero-order valence-corrected chi connectivity index (χ0v) is 13.3. The third-order valence-electron chi connectivity index (χ3n) is 5.14. The summed E-state index contributed by atoms with van der Waals surface area (Å²) in [5, 5.41) is 9.37. The molecule has 0 amide bonds. The van der Waals surface area contributed by atoms with Crippen molar-refractivity contribution >= 4 is 10.2 Å². The first-order valence-electron chi connectivity index (χ1n) is 7.90. The maximum absolute atomic E-state index is 12.5. The molecular formula is C14H28N2O3S. The minimum atomic E-state index is -3.46. The van der Waals surface area contributed by atoms with Crippen molar-refractivity contribution in [3.05, 3.63) is 0 Å². The molecule has 6 heteroatoms. The van der Waals surface area contributed by atoms with Crippen LogP contribution in [0.1, 0.15) is 58.3 Å². The van der Waals surface area contributed by atoms with Crippen LogP contribution in [0, 0.1) is 5.41 Å². The summed E-state index contributed by atoms with van der Waals surface area (Å²) in [6.45, 7) is 3.14. The van der Waals surface area contributed by atoms with E-state index in [9.17, 15) is 13.5 Å². The molecule has 0 aromatic carbocycles. The number of hydrogen-bond donors (Lipinski definition) is 2. The maximum Gasteiger partial charge on any atom is 0.279 e. The molecule has 20 heavy (non-hydrogen) atoms. The smallest absolute Gasteiger partial charge is 0.279 e. The highest BCUT2D eigenvalue weighted by atomic mass is 32.2. The summed E-state index contributed by atoms with van der Waals surface area (Å²) >= 11 is 0. The highest BCUT2D eigenvalue weighted by Gasteiger charge is 2.36. The Morgan fingerprint density at radius 1 is 1.25 bits per heavy atom. The van der Waals surface area contributed by atoms with Gasteiger partial charge in [0.15, 0.2) is 0 Å². The summed E-state index contributed by atoms with van der Waals surface area (Å²) < 4.78 is 29.2. The van der Waals surface area contributed by atoms with Gasteiger partial charge in [-0.25, -0.2) is 4.72 Å². The van der Waals surface area contributed by atoms with Crippen LogP contribution in [0.2, 0.25) is 0 Å². The average molecular weight is 304 g/mol. The lowest BCUT2D eigenvalue weighted by Gasteiger charge is -2.35. The van der Waals surface area contributed by atoms with E-state index in [0.29, 0.717) is 13.1 Å². The molecule has 2 fully saturated rings. The Labute approximate surface area is 122 Å². The van der Waals surface area contributed by atoms with Crippen molar-refractivity contribution < 1.29 is 13.5 Å². The van der Waals surface area contributed by atoms with Crippen molar-refractivity contribution in [1.82, 2.24) is 9.03 Å². The molecular weight excluding hydrogens is 276 g/mol. The summed E-state index contributed by atoms with van der Waals surface area (Å²) in [5.41, 5.74) is 0.150. The van der Waals surface area contributed by atoms with Gasteiger partial charge < -0.3 is 5.11 Å². The minimum absolute atomic E-state index is 0.0835. The van der Waals surface area contributed by atoms with Gasteiger partial charge in [0.2, 0.25) is 0 Å². The van der Waals surface area contributed by atoms with Crippen LogP contribution in [-0.4, -0.2) is 43.6 Å². The lowest BCUT2D eigenvalue weighted by molar-refractivity contribution is 0.153. The molecule has 0 spiro atoms. The van der Waals surface area contributed by atoms with E-state index in [1.807, 2.05) is 0 Å².